The molecule has 1 aliphatic rings. The van der Waals surface area contributed by atoms with Crippen LogP contribution in [0.2, 0.25) is 0 Å². The van der Waals surface area contributed by atoms with E-state index in [1.54, 1.807) is 13.3 Å². The average molecular weight is 354 g/mol. The van der Waals surface area contributed by atoms with Crippen molar-refractivity contribution in [3.8, 4) is 5.75 Å². The van der Waals surface area contributed by atoms with Gasteiger partial charge in [0.15, 0.2) is 0 Å². The van der Waals surface area contributed by atoms with E-state index in [1.165, 1.54) is 0 Å². The Labute approximate surface area is 154 Å². The number of anilines is 2. The summed E-state index contributed by atoms with van der Waals surface area (Å²) < 4.78 is 5.47. The van der Waals surface area contributed by atoms with Crippen molar-refractivity contribution in [2.75, 3.05) is 43.1 Å². The van der Waals surface area contributed by atoms with Gasteiger partial charge >= 0.3 is 0 Å². The number of amides is 1. The molecule has 6 nitrogen and oxygen atoms in total. The van der Waals surface area contributed by atoms with Crippen molar-refractivity contribution in [2.45, 2.75) is 19.9 Å². The highest BCUT2D eigenvalue weighted by molar-refractivity contribution is 5.94. The second-order valence-corrected chi connectivity index (χ2v) is 6.68. The van der Waals surface area contributed by atoms with Crippen LogP contribution in [0.15, 0.2) is 42.6 Å². The molecule has 2 aromatic rings. The van der Waals surface area contributed by atoms with E-state index >= 15 is 0 Å². The Morgan fingerprint density at radius 3 is 2.38 bits per heavy atom. The van der Waals surface area contributed by atoms with Gasteiger partial charge in [0.2, 0.25) is 0 Å². The molecule has 1 aromatic carbocycles. The lowest BCUT2D eigenvalue weighted by atomic mass is 10.2. The molecule has 1 aliphatic heterocycles. The van der Waals surface area contributed by atoms with E-state index in [9.17, 15) is 4.79 Å². The molecule has 1 aromatic heterocycles. The van der Waals surface area contributed by atoms with Crippen molar-refractivity contribution in [3.05, 3.63) is 48.2 Å². The van der Waals surface area contributed by atoms with Crippen LogP contribution in [0.4, 0.5) is 11.5 Å². The van der Waals surface area contributed by atoms with Gasteiger partial charge in [-0.2, -0.15) is 0 Å². The fourth-order valence-electron chi connectivity index (χ4n) is 3.12. The molecule has 0 atom stereocenters. The Morgan fingerprint density at radius 2 is 1.77 bits per heavy atom. The highest BCUT2D eigenvalue weighted by atomic mass is 16.5. The number of nitrogens with zero attached hydrogens (tertiary/aromatic N) is 3. The highest BCUT2D eigenvalue weighted by Gasteiger charge is 2.20. The first kappa shape index (κ1) is 18.0. The molecule has 0 bridgehead atoms. The van der Waals surface area contributed by atoms with Crippen LogP contribution in [0, 0.1) is 0 Å². The van der Waals surface area contributed by atoms with E-state index in [2.05, 4.69) is 26.2 Å². The number of hydrogen-bond acceptors (Lipinski definition) is 5. The Morgan fingerprint density at radius 1 is 1.08 bits per heavy atom. The van der Waals surface area contributed by atoms with Gasteiger partial charge in [-0.25, -0.2) is 4.98 Å². The molecule has 0 spiro atoms. The number of benzene rings is 1. The summed E-state index contributed by atoms with van der Waals surface area (Å²) in [7, 11) is 1.70. The van der Waals surface area contributed by atoms with Crippen molar-refractivity contribution in [2.24, 2.45) is 0 Å². The lowest BCUT2D eigenvalue weighted by Gasteiger charge is -2.37. The summed E-state index contributed by atoms with van der Waals surface area (Å²) in [5.74, 6) is 1.73. The number of piperazine rings is 1. The van der Waals surface area contributed by atoms with E-state index in [1.807, 2.05) is 44.2 Å². The summed E-state index contributed by atoms with van der Waals surface area (Å²) in [5, 5.41) is 2.88. The Balaban J connectivity index is 1.62. The number of carbonyl (C=O) groups is 1. The monoisotopic (exact) mass is 354 g/mol. The number of para-hydroxylation sites is 2. The van der Waals surface area contributed by atoms with Crippen molar-refractivity contribution in [1.29, 1.82) is 0 Å². The van der Waals surface area contributed by atoms with Gasteiger partial charge in [-0.15, -0.1) is 0 Å². The lowest BCUT2D eigenvalue weighted by molar-refractivity contribution is 0.0943. The summed E-state index contributed by atoms with van der Waals surface area (Å²) in [6.07, 6.45) is 1.65. The number of ether oxygens (including phenoxy) is 1. The number of methoxy groups -OCH3 is 1. The van der Waals surface area contributed by atoms with E-state index in [-0.39, 0.29) is 11.9 Å². The summed E-state index contributed by atoms with van der Waals surface area (Å²) in [4.78, 5) is 21.1. The van der Waals surface area contributed by atoms with Gasteiger partial charge in [0.25, 0.3) is 5.91 Å². The van der Waals surface area contributed by atoms with Gasteiger partial charge in [-0.1, -0.05) is 12.1 Å². The van der Waals surface area contributed by atoms with Crippen LogP contribution in [0.1, 0.15) is 24.2 Å². The number of carbonyl (C=O) groups excluding carboxylic acids is 1. The zero-order chi connectivity index (χ0) is 18.5. The second kappa shape index (κ2) is 8.08. The predicted octanol–water partition coefficient (Wildman–Crippen LogP) is 2.56. The summed E-state index contributed by atoms with van der Waals surface area (Å²) in [6.45, 7) is 7.45. The van der Waals surface area contributed by atoms with E-state index in [4.69, 9.17) is 4.74 Å². The molecule has 3 rings (SSSR count). The molecule has 0 aliphatic carbocycles. The Kier molecular flexibility index (Phi) is 5.61. The molecule has 2 heterocycles. The first-order valence-corrected chi connectivity index (χ1v) is 8.98. The molecular formula is C20H26N4O2. The molecule has 1 saturated heterocycles. The number of nitrogens with one attached hydrogen (secondary N) is 1. The Bertz CT molecular complexity index is 738. The molecule has 0 unspecified atom stereocenters. The minimum Gasteiger partial charge on any atom is -0.495 e. The largest absolute Gasteiger partial charge is 0.495 e. The molecule has 1 amide bonds. The minimum atomic E-state index is -0.0833. The normalized spacial score (nSPS) is 14.5. The fourth-order valence-corrected chi connectivity index (χ4v) is 3.12. The summed E-state index contributed by atoms with van der Waals surface area (Å²) in [5.41, 5.74) is 1.72. The van der Waals surface area contributed by atoms with Crippen molar-refractivity contribution < 1.29 is 9.53 Å². The maximum absolute atomic E-state index is 12.0. The van der Waals surface area contributed by atoms with Crippen molar-refractivity contribution in [3.63, 3.8) is 0 Å². The van der Waals surface area contributed by atoms with Crippen molar-refractivity contribution in [1.82, 2.24) is 10.3 Å². The van der Waals surface area contributed by atoms with Crippen molar-refractivity contribution >= 4 is 17.4 Å². The molecule has 0 radical (unpaired) electrons. The smallest absolute Gasteiger partial charge is 0.253 e. The lowest BCUT2D eigenvalue weighted by Crippen LogP contribution is -2.47. The van der Waals surface area contributed by atoms with Crippen LogP contribution in [0.5, 0.6) is 5.75 Å². The van der Waals surface area contributed by atoms with Crippen LogP contribution in [-0.2, 0) is 0 Å². The molecule has 138 valence electrons. The number of hydrogen-bond donors (Lipinski definition) is 1. The van der Waals surface area contributed by atoms with Crippen LogP contribution in [0.3, 0.4) is 0 Å². The maximum Gasteiger partial charge on any atom is 0.253 e. The van der Waals surface area contributed by atoms with Crippen LogP contribution in [0.25, 0.3) is 0 Å². The zero-order valence-electron chi connectivity index (χ0n) is 15.6. The quantitative estimate of drug-likeness (QED) is 0.894. The van der Waals surface area contributed by atoms with Crippen LogP contribution < -0.4 is 19.9 Å². The van der Waals surface area contributed by atoms with Crippen LogP contribution >= 0.6 is 0 Å². The van der Waals surface area contributed by atoms with Gasteiger partial charge in [-0.05, 0) is 38.1 Å². The standard InChI is InChI=1S/C20H26N4O2/c1-15(2)22-20(25)16-8-9-19(21-14-16)24-12-10-23(11-13-24)17-6-4-5-7-18(17)26-3/h4-9,14-15H,10-13H2,1-3H3,(H,22,25). The first-order valence-electron chi connectivity index (χ1n) is 8.98. The number of rotatable bonds is 5. The third-order valence-corrected chi connectivity index (χ3v) is 4.46. The van der Waals surface area contributed by atoms with E-state index < -0.39 is 0 Å². The predicted molar refractivity (Wildman–Crippen MR) is 104 cm³/mol. The zero-order valence-corrected chi connectivity index (χ0v) is 15.6. The SMILES string of the molecule is COc1ccccc1N1CCN(c2ccc(C(=O)NC(C)C)cn2)CC1. The maximum atomic E-state index is 12.0. The molecule has 6 heteroatoms. The Hall–Kier alpha value is -2.76. The number of aromatic nitrogens is 1. The molecule has 0 saturated carbocycles. The molecule has 1 N–H and O–H groups in total. The topological polar surface area (TPSA) is 57.7 Å². The first-order chi connectivity index (χ1) is 12.6. The highest BCUT2D eigenvalue weighted by Crippen LogP contribution is 2.28. The number of pyridine rings is 1. The summed E-state index contributed by atoms with van der Waals surface area (Å²) in [6, 6.07) is 12.0. The van der Waals surface area contributed by atoms with Gasteiger partial charge in [0.1, 0.15) is 11.6 Å². The van der Waals surface area contributed by atoms with E-state index in [0.29, 0.717) is 5.56 Å². The minimum absolute atomic E-state index is 0.0833. The average Bonchev–Trinajstić information content (AvgIpc) is 2.67. The third-order valence-electron chi connectivity index (χ3n) is 4.46. The van der Waals surface area contributed by atoms with Gasteiger partial charge < -0.3 is 19.9 Å². The van der Waals surface area contributed by atoms with E-state index in [0.717, 1.165) is 43.4 Å². The van der Waals surface area contributed by atoms with Gasteiger partial charge in [0, 0.05) is 38.4 Å². The van der Waals surface area contributed by atoms with Gasteiger partial charge in [-0.3, -0.25) is 4.79 Å². The molecule has 26 heavy (non-hydrogen) atoms. The fraction of sp³-hybridized carbons (Fsp3) is 0.400. The third kappa shape index (κ3) is 4.07. The van der Waals surface area contributed by atoms with Gasteiger partial charge in [0.05, 0.1) is 18.4 Å². The second-order valence-electron chi connectivity index (χ2n) is 6.68. The summed E-state index contributed by atoms with van der Waals surface area (Å²) >= 11 is 0. The molecule has 1 fully saturated rings. The van der Waals surface area contributed by atoms with Crippen LogP contribution in [-0.4, -0.2) is 50.2 Å². The molecular weight excluding hydrogens is 328 g/mol.